The second-order valence-corrected chi connectivity index (χ2v) is 10.8. The number of nitrogens with zero attached hydrogens (tertiary/aromatic N) is 2. The molecule has 0 atom stereocenters. The molecular formula is C30H22ClFN4O2. The summed E-state index contributed by atoms with van der Waals surface area (Å²) in [6, 6.07) is 13.1. The molecule has 2 aliphatic heterocycles. The van der Waals surface area contributed by atoms with Gasteiger partial charge in [-0.15, -0.1) is 12.4 Å². The van der Waals surface area contributed by atoms with Gasteiger partial charge in [0.15, 0.2) is 0 Å². The molecule has 0 bridgehead atoms. The molecule has 3 aromatic heterocycles. The molecule has 0 saturated heterocycles. The Kier molecular flexibility index (Phi) is 4.48. The van der Waals surface area contributed by atoms with E-state index in [1.54, 1.807) is 12.3 Å². The van der Waals surface area contributed by atoms with Gasteiger partial charge in [0.25, 0.3) is 11.8 Å². The summed E-state index contributed by atoms with van der Waals surface area (Å²) in [7, 11) is 0. The Bertz CT molecular complexity index is 2040. The number of rotatable bonds is 1. The van der Waals surface area contributed by atoms with E-state index in [1.807, 2.05) is 36.5 Å². The number of hydrogen-bond acceptors (Lipinski definition) is 3. The maximum Gasteiger partial charge on any atom is 0.259 e. The van der Waals surface area contributed by atoms with Gasteiger partial charge in [-0.3, -0.25) is 19.9 Å². The van der Waals surface area contributed by atoms with Crippen LogP contribution < -0.4 is 5.32 Å². The number of amides is 2. The Morgan fingerprint density at radius 3 is 2.50 bits per heavy atom. The van der Waals surface area contributed by atoms with E-state index < -0.39 is 11.8 Å². The summed E-state index contributed by atoms with van der Waals surface area (Å²) < 4.78 is 17.2. The summed E-state index contributed by atoms with van der Waals surface area (Å²) in [5.74, 6) is -1.19. The van der Waals surface area contributed by atoms with Crippen LogP contribution in [0.4, 0.5) is 4.39 Å². The van der Waals surface area contributed by atoms with Crippen LogP contribution in [0.5, 0.6) is 0 Å². The summed E-state index contributed by atoms with van der Waals surface area (Å²) in [6.45, 7) is 4.98. The highest BCUT2D eigenvalue weighted by Crippen LogP contribution is 2.48. The normalized spacial score (nSPS) is 15.9. The fourth-order valence-electron chi connectivity index (χ4n) is 6.51. The first-order valence-corrected chi connectivity index (χ1v) is 12.4. The van der Waals surface area contributed by atoms with Crippen molar-refractivity contribution in [2.75, 3.05) is 0 Å². The zero-order valence-electron chi connectivity index (χ0n) is 20.6. The largest absolute Gasteiger partial charge is 0.353 e. The van der Waals surface area contributed by atoms with Crippen LogP contribution in [0.25, 0.3) is 54.7 Å². The molecule has 0 unspecified atom stereocenters. The Balaban J connectivity index is 0.00000242. The lowest BCUT2D eigenvalue weighted by molar-refractivity contribution is 0.0880. The highest BCUT2D eigenvalue weighted by atomic mass is 35.5. The smallest absolute Gasteiger partial charge is 0.259 e. The van der Waals surface area contributed by atoms with Crippen molar-refractivity contribution in [3.8, 4) is 11.1 Å². The van der Waals surface area contributed by atoms with Crippen molar-refractivity contribution < 1.29 is 14.0 Å². The zero-order chi connectivity index (χ0) is 25.2. The first kappa shape index (κ1) is 22.9. The molecule has 6 aromatic rings. The average Bonchev–Trinajstić information content (AvgIpc) is 3.51. The molecule has 0 fully saturated rings. The zero-order valence-corrected chi connectivity index (χ0v) is 21.4. The lowest BCUT2D eigenvalue weighted by Gasteiger charge is -2.32. The minimum atomic E-state index is -0.434. The Morgan fingerprint density at radius 2 is 1.74 bits per heavy atom. The summed E-state index contributed by atoms with van der Waals surface area (Å²) in [4.78, 5) is 34.2. The number of aryl methyl sites for hydroxylation is 1. The number of nitrogens with one attached hydrogen (secondary N) is 2. The van der Waals surface area contributed by atoms with Gasteiger partial charge in [0, 0.05) is 51.6 Å². The third-order valence-electron chi connectivity index (χ3n) is 8.27. The summed E-state index contributed by atoms with van der Waals surface area (Å²) in [5, 5.41) is 5.42. The molecule has 2 N–H and O–H groups in total. The highest BCUT2D eigenvalue weighted by Gasteiger charge is 2.38. The van der Waals surface area contributed by atoms with Crippen molar-refractivity contribution in [1.82, 2.24) is 19.9 Å². The van der Waals surface area contributed by atoms with Crippen molar-refractivity contribution in [2.45, 2.75) is 32.2 Å². The quantitative estimate of drug-likeness (QED) is 0.237. The number of fused-ring (bicyclic) bond motifs is 10. The first-order chi connectivity index (χ1) is 17.8. The predicted octanol–water partition coefficient (Wildman–Crippen LogP) is 6.62. The molecule has 0 spiro atoms. The Labute approximate surface area is 222 Å². The molecule has 188 valence electrons. The number of pyridine rings is 1. The van der Waals surface area contributed by atoms with Crippen LogP contribution in [0.15, 0.2) is 54.9 Å². The SMILES string of the molecule is CC1(C)CCn2c3c1cc(F)cc3c1c3c(c4c5ccc(-c6cccnc6)cc5[nH]c4c12)C(=O)NC3=O.Cl. The Morgan fingerprint density at radius 1 is 0.947 bits per heavy atom. The van der Waals surface area contributed by atoms with Crippen LogP contribution in [0.3, 0.4) is 0 Å². The lowest BCUT2D eigenvalue weighted by Crippen LogP contribution is -2.25. The van der Waals surface area contributed by atoms with Crippen LogP contribution in [0, 0.1) is 5.82 Å². The molecule has 2 amide bonds. The van der Waals surface area contributed by atoms with Crippen molar-refractivity contribution in [2.24, 2.45) is 0 Å². The molecule has 38 heavy (non-hydrogen) atoms. The maximum atomic E-state index is 15.0. The highest BCUT2D eigenvalue weighted by molar-refractivity contribution is 6.39. The van der Waals surface area contributed by atoms with Crippen molar-refractivity contribution in [3.63, 3.8) is 0 Å². The van der Waals surface area contributed by atoms with Crippen LogP contribution in [0.2, 0.25) is 0 Å². The molecular weight excluding hydrogens is 503 g/mol. The fourth-order valence-corrected chi connectivity index (χ4v) is 6.51. The number of imide groups is 1. The van der Waals surface area contributed by atoms with E-state index in [2.05, 4.69) is 33.7 Å². The molecule has 8 rings (SSSR count). The molecule has 8 heteroatoms. The average molecular weight is 525 g/mol. The van der Waals surface area contributed by atoms with Crippen LogP contribution in [0.1, 0.15) is 46.5 Å². The van der Waals surface area contributed by atoms with E-state index in [-0.39, 0.29) is 23.6 Å². The maximum absolute atomic E-state index is 15.0. The van der Waals surface area contributed by atoms with Crippen LogP contribution >= 0.6 is 12.4 Å². The van der Waals surface area contributed by atoms with Crippen LogP contribution in [-0.2, 0) is 12.0 Å². The summed E-state index contributed by atoms with van der Waals surface area (Å²) in [5.41, 5.74) is 6.81. The van der Waals surface area contributed by atoms with Gasteiger partial charge in [0.05, 0.1) is 27.7 Å². The van der Waals surface area contributed by atoms with E-state index in [0.717, 1.165) is 62.5 Å². The number of aromatic nitrogens is 3. The minimum absolute atomic E-state index is 0. The third kappa shape index (κ3) is 2.74. The van der Waals surface area contributed by atoms with Gasteiger partial charge < -0.3 is 9.55 Å². The summed E-state index contributed by atoms with van der Waals surface area (Å²) >= 11 is 0. The first-order valence-electron chi connectivity index (χ1n) is 12.4. The standard InChI is InChI=1S/C30H21FN4O2.ClH/c1-30(2)7-9-35-26-18(11-16(31)12-19(26)30)22-24-23(28(36)34-29(24)37)21-17-6-5-14(15-4-3-8-32-13-15)10-20(17)33-25(21)27(22)35;/h3-6,8,10-13,33H,7,9H2,1-2H3,(H,34,36,37);1H. The summed E-state index contributed by atoms with van der Waals surface area (Å²) in [6.07, 6.45) is 4.38. The van der Waals surface area contributed by atoms with Gasteiger partial charge in [0.2, 0.25) is 0 Å². The van der Waals surface area contributed by atoms with E-state index in [0.29, 0.717) is 21.9 Å². The third-order valence-corrected chi connectivity index (χ3v) is 8.27. The molecule has 2 aliphatic rings. The molecule has 0 aliphatic carbocycles. The van der Waals surface area contributed by atoms with E-state index in [4.69, 9.17) is 0 Å². The minimum Gasteiger partial charge on any atom is -0.353 e. The van der Waals surface area contributed by atoms with Crippen molar-refractivity contribution in [3.05, 3.63) is 77.4 Å². The van der Waals surface area contributed by atoms with Crippen molar-refractivity contribution >= 4 is 67.8 Å². The molecule has 0 radical (unpaired) electrons. The number of H-pyrrole nitrogens is 1. The molecule has 3 aromatic carbocycles. The number of benzene rings is 3. The second-order valence-electron chi connectivity index (χ2n) is 10.8. The number of carbonyl (C=O) groups excluding carboxylic acids is 2. The number of halogens is 2. The van der Waals surface area contributed by atoms with Gasteiger partial charge in [-0.2, -0.15) is 0 Å². The van der Waals surface area contributed by atoms with E-state index in [1.165, 1.54) is 6.07 Å². The predicted molar refractivity (Wildman–Crippen MR) is 149 cm³/mol. The van der Waals surface area contributed by atoms with Gasteiger partial charge in [-0.25, -0.2) is 4.39 Å². The molecule has 6 nitrogen and oxygen atoms in total. The fraction of sp³-hybridized carbons (Fsp3) is 0.167. The van der Waals surface area contributed by atoms with Gasteiger partial charge in [-0.05, 0) is 47.2 Å². The van der Waals surface area contributed by atoms with E-state index >= 15 is 4.39 Å². The topological polar surface area (TPSA) is 79.8 Å². The van der Waals surface area contributed by atoms with Gasteiger partial charge in [0.1, 0.15) is 5.82 Å². The second kappa shape index (κ2) is 7.42. The Hall–Kier alpha value is -4.23. The number of hydrogen-bond donors (Lipinski definition) is 2. The lowest BCUT2D eigenvalue weighted by atomic mass is 9.78. The van der Waals surface area contributed by atoms with Gasteiger partial charge >= 0.3 is 0 Å². The number of carbonyl (C=O) groups is 2. The monoisotopic (exact) mass is 524 g/mol. The van der Waals surface area contributed by atoms with Crippen molar-refractivity contribution in [1.29, 1.82) is 0 Å². The van der Waals surface area contributed by atoms with Gasteiger partial charge in [-0.1, -0.05) is 32.0 Å². The van der Waals surface area contributed by atoms with E-state index in [9.17, 15) is 9.59 Å². The molecule has 0 saturated carbocycles. The molecule has 5 heterocycles. The number of aromatic amines is 1. The van der Waals surface area contributed by atoms with Crippen LogP contribution in [-0.4, -0.2) is 26.3 Å².